The second-order valence-electron chi connectivity index (χ2n) is 5.13. The van der Waals surface area contributed by atoms with Crippen molar-refractivity contribution < 1.29 is 9.53 Å². The smallest absolute Gasteiger partial charge is 0.142 e. The maximum Gasteiger partial charge on any atom is 0.142 e. The number of hydrogen-bond donors (Lipinski definition) is 1. The second-order valence-corrected chi connectivity index (χ2v) is 5.13. The lowest BCUT2D eigenvalue weighted by Gasteiger charge is -2.21. The summed E-state index contributed by atoms with van der Waals surface area (Å²) in [6, 6.07) is 0.246. The van der Waals surface area contributed by atoms with Crippen molar-refractivity contribution in [3.63, 3.8) is 0 Å². The summed E-state index contributed by atoms with van der Waals surface area (Å²) < 4.78 is 5.42. The van der Waals surface area contributed by atoms with Crippen molar-refractivity contribution in [2.24, 2.45) is 11.8 Å². The molecule has 1 aliphatic carbocycles. The van der Waals surface area contributed by atoms with Gasteiger partial charge in [-0.25, -0.2) is 0 Å². The summed E-state index contributed by atoms with van der Waals surface area (Å²) in [7, 11) is 1.92. The molecule has 0 amide bonds. The van der Waals surface area contributed by atoms with Gasteiger partial charge in [0.25, 0.3) is 0 Å². The molecule has 0 aromatic rings. The fraction of sp³-hybridized carbons (Fsp3) is 0.923. The molecule has 92 valence electrons. The molecule has 3 heteroatoms. The number of carbonyl (C=O) groups is 1. The lowest BCUT2D eigenvalue weighted by atomic mass is 9.85. The van der Waals surface area contributed by atoms with E-state index in [-0.39, 0.29) is 12.0 Å². The van der Waals surface area contributed by atoms with Crippen molar-refractivity contribution in [3.8, 4) is 0 Å². The number of hydrogen-bond acceptors (Lipinski definition) is 3. The number of Topliss-reactive ketones (excluding diaryl/α,β-unsaturated/α-hetero) is 1. The highest BCUT2D eigenvalue weighted by Gasteiger charge is 2.36. The molecule has 1 N–H and O–H groups in total. The third-order valence-electron chi connectivity index (χ3n) is 4.07. The third kappa shape index (κ3) is 2.64. The third-order valence-corrected chi connectivity index (χ3v) is 4.07. The minimum absolute atomic E-state index is 0.105. The van der Waals surface area contributed by atoms with Crippen LogP contribution in [0.2, 0.25) is 0 Å². The van der Waals surface area contributed by atoms with Crippen LogP contribution in [0.15, 0.2) is 0 Å². The molecule has 2 aliphatic rings. The zero-order valence-corrected chi connectivity index (χ0v) is 10.2. The monoisotopic (exact) mass is 225 g/mol. The molecule has 0 bridgehead atoms. The highest BCUT2D eigenvalue weighted by Crippen LogP contribution is 2.28. The molecular weight excluding hydrogens is 202 g/mol. The molecule has 0 aromatic carbocycles. The maximum atomic E-state index is 12.4. The van der Waals surface area contributed by atoms with Gasteiger partial charge in [-0.2, -0.15) is 0 Å². The first-order valence-electron chi connectivity index (χ1n) is 6.61. The molecule has 1 aliphatic heterocycles. The molecule has 1 saturated heterocycles. The number of nitrogens with one attached hydrogen (secondary N) is 1. The number of ether oxygens (including phenoxy) is 1. The largest absolute Gasteiger partial charge is 0.379 e. The van der Waals surface area contributed by atoms with Crippen molar-refractivity contribution in [1.82, 2.24) is 5.32 Å². The lowest BCUT2D eigenvalue weighted by Crippen LogP contribution is -2.39. The van der Waals surface area contributed by atoms with Crippen LogP contribution in [-0.4, -0.2) is 32.1 Å². The first kappa shape index (κ1) is 12.1. The molecule has 16 heavy (non-hydrogen) atoms. The van der Waals surface area contributed by atoms with Crippen molar-refractivity contribution in [2.75, 3.05) is 20.3 Å². The average molecular weight is 225 g/mol. The van der Waals surface area contributed by atoms with Crippen LogP contribution in [0, 0.1) is 11.8 Å². The second kappa shape index (κ2) is 5.78. The number of likely N-dealkylation sites (N-methyl/N-ethyl adjacent to an activating group) is 1. The average Bonchev–Trinajstić information content (AvgIpc) is 2.61. The SMILES string of the molecule is CNC1COCC1C(=O)C1CCCCCC1. The zero-order valence-electron chi connectivity index (χ0n) is 10.2. The van der Waals surface area contributed by atoms with Crippen molar-refractivity contribution in [1.29, 1.82) is 0 Å². The van der Waals surface area contributed by atoms with E-state index in [1.54, 1.807) is 0 Å². The van der Waals surface area contributed by atoms with E-state index in [2.05, 4.69) is 5.32 Å². The molecule has 2 fully saturated rings. The summed E-state index contributed by atoms with van der Waals surface area (Å²) in [4.78, 5) is 12.4. The standard InChI is InChI=1S/C13H23NO2/c1-14-12-9-16-8-11(12)13(15)10-6-4-2-3-5-7-10/h10-12,14H,2-9H2,1H3. The van der Waals surface area contributed by atoms with Crippen LogP contribution >= 0.6 is 0 Å². The molecule has 0 spiro atoms. The number of ketones is 1. The Balaban J connectivity index is 1.94. The zero-order chi connectivity index (χ0) is 11.4. The molecule has 0 aromatic heterocycles. The Morgan fingerprint density at radius 2 is 1.81 bits per heavy atom. The van der Waals surface area contributed by atoms with Crippen LogP contribution < -0.4 is 5.32 Å². The van der Waals surface area contributed by atoms with Crippen LogP contribution in [0.3, 0.4) is 0 Å². The summed E-state index contributed by atoms with van der Waals surface area (Å²) in [6.07, 6.45) is 7.28. The quantitative estimate of drug-likeness (QED) is 0.744. The van der Waals surface area contributed by atoms with Crippen LogP contribution in [0.4, 0.5) is 0 Å². The lowest BCUT2D eigenvalue weighted by molar-refractivity contribution is -0.127. The van der Waals surface area contributed by atoms with E-state index in [9.17, 15) is 4.79 Å². The summed E-state index contributed by atoms with van der Waals surface area (Å²) >= 11 is 0. The van der Waals surface area contributed by atoms with Gasteiger partial charge in [0.05, 0.1) is 19.1 Å². The highest BCUT2D eigenvalue weighted by molar-refractivity contribution is 5.84. The van der Waals surface area contributed by atoms with Gasteiger partial charge in [0.1, 0.15) is 5.78 Å². The summed E-state index contributed by atoms with van der Waals surface area (Å²) in [5, 5.41) is 3.20. The predicted octanol–water partition coefficient (Wildman–Crippen LogP) is 1.76. The fourth-order valence-electron chi connectivity index (χ4n) is 2.99. The predicted molar refractivity (Wildman–Crippen MR) is 63.4 cm³/mol. The van der Waals surface area contributed by atoms with Gasteiger partial charge in [-0.3, -0.25) is 4.79 Å². The van der Waals surface area contributed by atoms with Gasteiger partial charge in [0.15, 0.2) is 0 Å². The summed E-state index contributed by atoms with van der Waals surface area (Å²) in [6.45, 7) is 1.32. The molecule has 1 saturated carbocycles. The Morgan fingerprint density at radius 3 is 2.44 bits per heavy atom. The van der Waals surface area contributed by atoms with Gasteiger partial charge < -0.3 is 10.1 Å². The fourth-order valence-corrected chi connectivity index (χ4v) is 2.99. The van der Waals surface area contributed by atoms with E-state index in [1.165, 1.54) is 25.7 Å². The molecule has 2 rings (SSSR count). The Labute approximate surface area is 97.9 Å². The number of rotatable bonds is 3. The van der Waals surface area contributed by atoms with E-state index in [0.717, 1.165) is 12.8 Å². The van der Waals surface area contributed by atoms with E-state index in [4.69, 9.17) is 4.74 Å². The van der Waals surface area contributed by atoms with E-state index >= 15 is 0 Å². The van der Waals surface area contributed by atoms with Crippen molar-refractivity contribution in [2.45, 2.75) is 44.6 Å². The van der Waals surface area contributed by atoms with E-state index < -0.39 is 0 Å². The van der Waals surface area contributed by atoms with Crippen LogP contribution in [0.5, 0.6) is 0 Å². The first-order valence-corrected chi connectivity index (χ1v) is 6.61. The van der Waals surface area contributed by atoms with Crippen LogP contribution in [0.25, 0.3) is 0 Å². The van der Waals surface area contributed by atoms with E-state index in [0.29, 0.717) is 24.9 Å². The summed E-state index contributed by atoms with van der Waals surface area (Å²) in [5.74, 6) is 0.872. The van der Waals surface area contributed by atoms with Crippen LogP contribution in [-0.2, 0) is 9.53 Å². The van der Waals surface area contributed by atoms with Gasteiger partial charge >= 0.3 is 0 Å². The van der Waals surface area contributed by atoms with Crippen LogP contribution in [0.1, 0.15) is 38.5 Å². The first-order chi connectivity index (χ1) is 7.83. The molecule has 1 heterocycles. The van der Waals surface area contributed by atoms with Gasteiger partial charge in [0.2, 0.25) is 0 Å². The normalized spacial score (nSPS) is 32.6. The van der Waals surface area contributed by atoms with E-state index in [1.807, 2.05) is 7.05 Å². The minimum atomic E-state index is 0.105. The van der Waals surface area contributed by atoms with Gasteiger partial charge in [-0.15, -0.1) is 0 Å². The van der Waals surface area contributed by atoms with Gasteiger partial charge in [-0.05, 0) is 19.9 Å². The molecule has 0 radical (unpaired) electrons. The molecule has 2 unspecified atom stereocenters. The Hall–Kier alpha value is -0.410. The topological polar surface area (TPSA) is 38.3 Å². The van der Waals surface area contributed by atoms with Crippen molar-refractivity contribution in [3.05, 3.63) is 0 Å². The van der Waals surface area contributed by atoms with Gasteiger partial charge in [-0.1, -0.05) is 25.7 Å². The molecular formula is C13H23NO2. The maximum absolute atomic E-state index is 12.4. The Morgan fingerprint density at radius 1 is 1.12 bits per heavy atom. The highest BCUT2D eigenvalue weighted by atomic mass is 16.5. The minimum Gasteiger partial charge on any atom is -0.379 e. The summed E-state index contributed by atoms with van der Waals surface area (Å²) in [5.41, 5.74) is 0. The Bertz CT molecular complexity index is 234. The number of carbonyl (C=O) groups excluding carboxylic acids is 1. The Kier molecular flexibility index (Phi) is 4.36. The molecule has 3 nitrogen and oxygen atoms in total. The van der Waals surface area contributed by atoms with Gasteiger partial charge in [0, 0.05) is 12.0 Å². The molecule has 2 atom stereocenters. The van der Waals surface area contributed by atoms with Crippen molar-refractivity contribution >= 4 is 5.78 Å².